The molecule has 2 fully saturated rings. The zero-order valence-corrected chi connectivity index (χ0v) is 18.0. The van der Waals surface area contributed by atoms with Crippen LogP contribution in [0.15, 0.2) is 53.1 Å². The van der Waals surface area contributed by atoms with Crippen molar-refractivity contribution in [1.82, 2.24) is 19.9 Å². The van der Waals surface area contributed by atoms with Gasteiger partial charge in [0.05, 0.1) is 5.92 Å². The van der Waals surface area contributed by atoms with Crippen LogP contribution >= 0.6 is 0 Å². The van der Waals surface area contributed by atoms with Crippen molar-refractivity contribution >= 4 is 5.91 Å². The molecule has 1 aromatic heterocycles. The minimum atomic E-state index is -0.314. The van der Waals surface area contributed by atoms with Crippen LogP contribution in [0.4, 0.5) is 4.39 Å². The Morgan fingerprint density at radius 1 is 1.06 bits per heavy atom. The highest BCUT2D eigenvalue weighted by Gasteiger charge is 2.26. The van der Waals surface area contributed by atoms with Gasteiger partial charge in [-0.1, -0.05) is 29.4 Å². The van der Waals surface area contributed by atoms with Crippen molar-refractivity contribution < 1.29 is 13.7 Å². The summed E-state index contributed by atoms with van der Waals surface area (Å²) in [5, 5.41) is 4.06. The number of piperidine rings is 1. The Balaban J connectivity index is 1.21. The van der Waals surface area contributed by atoms with Crippen molar-refractivity contribution in [2.45, 2.75) is 38.1 Å². The minimum absolute atomic E-state index is 0.137. The Labute approximate surface area is 187 Å². The Morgan fingerprint density at radius 2 is 1.88 bits per heavy atom. The Bertz CT molecular complexity index is 1080. The molecule has 3 heterocycles. The highest BCUT2D eigenvalue weighted by molar-refractivity contribution is 5.94. The van der Waals surface area contributed by atoms with Crippen molar-refractivity contribution in [3.05, 3.63) is 71.4 Å². The van der Waals surface area contributed by atoms with E-state index in [2.05, 4.69) is 27.2 Å². The number of aromatic nitrogens is 2. The number of halogens is 1. The van der Waals surface area contributed by atoms with Crippen molar-refractivity contribution in [2.24, 2.45) is 0 Å². The summed E-state index contributed by atoms with van der Waals surface area (Å²) in [6, 6.07) is 14.2. The van der Waals surface area contributed by atoms with Gasteiger partial charge in [0.25, 0.3) is 5.91 Å². The molecule has 3 aromatic rings. The molecular weight excluding hydrogens is 407 g/mol. The molecule has 1 unspecified atom stereocenters. The third-order valence-corrected chi connectivity index (χ3v) is 6.38. The molecule has 0 radical (unpaired) electrons. The van der Waals surface area contributed by atoms with Crippen LogP contribution in [-0.2, 0) is 6.54 Å². The van der Waals surface area contributed by atoms with E-state index in [-0.39, 0.29) is 17.6 Å². The van der Waals surface area contributed by atoms with Gasteiger partial charge in [0.2, 0.25) is 11.7 Å². The maximum Gasteiger partial charge on any atom is 0.253 e. The molecule has 0 bridgehead atoms. The predicted octanol–water partition coefficient (Wildman–Crippen LogP) is 4.49. The molecule has 2 aliphatic heterocycles. The molecule has 166 valence electrons. The van der Waals surface area contributed by atoms with Gasteiger partial charge in [0, 0.05) is 37.3 Å². The molecule has 1 amide bonds. The minimum Gasteiger partial charge on any atom is -0.339 e. The molecule has 6 nitrogen and oxygen atoms in total. The second kappa shape index (κ2) is 9.20. The van der Waals surface area contributed by atoms with Crippen LogP contribution < -0.4 is 0 Å². The standard InChI is InChI=1S/C25H27FN4O2/c26-22-7-3-5-20(15-22)23-27-24(32-28-23)21-6-4-12-29(17-21)16-18-8-10-19(11-9-18)25(31)30-13-1-2-14-30/h3,5,7-11,15,21H,1-2,4,6,12-14,16-17H2. The van der Waals surface area contributed by atoms with E-state index in [9.17, 15) is 9.18 Å². The fourth-order valence-corrected chi connectivity index (χ4v) is 4.66. The first kappa shape index (κ1) is 20.8. The van der Waals surface area contributed by atoms with E-state index in [0.717, 1.165) is 64.0 Å². The molecule has 2 aromatic carbocycles. The van der Waals surface area contributed by atoms with E-state index in [1.807, 2.05) is 17.0 Å². The van der Waals surface area contributed by atoms with E-state index in [0.29, 0.717) is 17.3 Å². The van der Waals surface area contributed by atoms with Gasteiger partial charge in [0.15, 0.2) is 0 Å². The highest BCUT2D eigenvalue weighted by atomic mass is 19.1. The first-order chi connectivity index (χ1) is 15.7. The maximum atomic E-state index is 13.5. The van der Waals surface area contributed by atoms with E-state index in [1.54, 1.807) is 12.1 Å². The van der Waals surface area contributed by atoms with Crippen molar-refractivity contribution in [3.63, 3.8) is 0 Å². The SMILES string of the molecule is O=C(c1ccc(CN2CCCC(c3nc(-c4cccc(F)c4)no3)C2)cc1)N1CCCC1. The van der Waals surface area contributed by atoms with Crippen LogP contribution in [0.2, 0.25) is 0 Å². The highest BCUT2D eigenvalue weighted by Crippen LogP contribution is 2.28. The molecule has 2 saturated heterocycles. The molecule has 0 N–H and O–H groups in total. The molecule has 5 rings (SSSR count). The smallest absolute Gasteiger partial charge is 0.253 e. The first-order valence-electron chi connectivity index (χ1n) is 11.4. The number of amides is 1. The Hall–Kier alpha value is -3.06. The third-order valence-electron chi connectivity index (χ3n) is 6.38. The Kier molecular flexibility index (Phi) is 5.99. The molecule has 2 aliphatic rings. The molecular formula is C25H27FN4O2. The topological polar surface area (TPSA) is 62.5 Å². The largest absolute Gasteiger partial charge is 0.339 e. The van der Waals surface area contributed by atoms with Crippen LogP contribution in [-0.4, -0.2) is 52.0 Å². The van der Waals surface area contributed by atoms with Gasteiger partial charge < -0.3 is 9.42 Å². The van der Waals surface area contributed by atoms with Crippen molar-refractivity contribution in [2.75, 3.05) is 26.2 Å². The van der Waals surface area contributed by atoms with E-state index < -0.39 is 0 Å². The molecule has 7 heteroatoms. The van der Waals surface area contributed by atoms with E-state index >= 15 is 0 Å². The van der Waals surface area contributed by atoms with Gasteiger partial charge in [-0.15, -0.1) is 0 Å². The van der Waals surface area contributed by atoms with Crippen LogP contribution in [0.1, 0.15) is 53.4 Å². The number of nitrogens with zero attached hydrogens (tertiary/aromatic N) is 4. The van der Waals surface area contributed by atoms with Gasteiger partial charge >= 0.3 is 0 Å². The Morgan fingerprint density at radius 3 is 2.66 bits per heavy atom. The normalized spacial score (nSPS) is 19.4. The fourth-order valence-electron chi connectivity index (χ4n) is 4.66. The number of hydrogen-bond acceptors (Lipinski definition) is 5. The molecule has 1 atom stereocenters. The quantitative estimate of drug-likeness (QED) is 0.592. The number of hydrogen-bond donors (Lipinski definition) is 0. The summed E-state index contributed by atoms with van der Waals surface area (Å²) in [4.78, 5) is 21.4. The fraction of sp³-hybridized carbons (Fsp3) is 0.400. The lowest BCUT2D eigenvalue weighted by atomic mass is 9.97. The summed E-state index contributed by atoms with van der Waals surface area (Å²) < 4.78 is 19.0. The zero-order valence-electron chi connectivity index (χ0n) is 18.0. The summed E-state index contributed by atoms with van der Waals surface area (Å²) in [5.74, 6) is 1.02. The van der Waals surface area contributed by atoms with Crippen LogP contribution in [0.3, 0.4) is 0 Å². The molecule has 32 heavy (non-hydrogen) atoms. The number of carbonyl (C=O) groups is 1. The van der Waals surface area contributed by atoms with Crippen LogP contribution in [0.5, 0.6) is 0 Å². The number of likely N-dealkylation sites (tertiary alicyclic amines) is 2. The summed E-state index contributed by atoms with van der Waals surface area (Å²) >= 11 is 0. The van der Waals surface area contributed by atoms with Gasteiger partial charge in [-0.3, -0.25) is 9.69 Å². The number of benzene rings is 2. The predicted molar refractivity (Wildman–Crippen MR) is 119 cm³/mol. The van der Waals surface area contributed by atoms with Gasteiger partial charge in [0.1, 0.15) is 5.82 Å². The molecule has 0 spiro atoms. The maximum absolute atomic E-state index is 13.5. The molecule has 0 saturated carbocycles. The van der Waals surface area contributed by atoms with E-state index in [4.69, 9.17) is 4.52 Å². The van der Waals surface area contributed by atoms with Crippen LogP contribution in [0, 0.1) is 5.82 Å². The summed E-state index contributed by atoms with van der Waals surface area (Å²) in [6.07, 6.45) is 4.24. The average molecular weight is 435 g/mol. The van der Waals surface area contributed by atoms with Gasteiger partial charge in [-0.25, -0.2) is 4.39 Å². The lowest BCUT2D eigenvalue weighted by Crippen LogP contribution is -2.34. The summed E-state index contributed by atoms with van der Waals surface area (Å²) in [6.45, 7) is 4.40. The lowest BCUT2D eigenvalue weighted by Gasteiger charge is -2.31. The van der Waals surface area contributed by atoms with Crippen molar-refractivity contribution in [1.29, 1.82) is 0 Å². The number of carbonyl (C=O) groups excluding carboxylic acids is 1. The first-order valence-corrected chi connectivity index (χ1v) is 11.4. The molecule has 0 aliphatic carbocycles. The average Bonchev–Trinajstić information content (AvgIpc) is 3.52. The van der Waals surface area contributed by atoms with Gasteiger partial charge in [-0.2, -0.15) is 4.98 Å². The number of rotatable bonds is 5. The third kappa shape index (κ3) is 4.58. The lowest BCUT2D eigenvalue weighted by molar-refractivity contribution is 0.0793. The summed E-state index contributed by atoms with van der Waals surface area (Å²) in [5.41, 5.74) is 2.58. The summed E-state index contributed by atoms with van der Waals surface area (Å²) in [7, 11) is 0. The van der Waals surface area contributed by atoms with Crippen LogP contribution in [0.25, 0.3) is 11.4 Å². The van der Waals surface area contributed by atoms with Crippen molar-refractivity contribution in [3.8, 4) is 11.4 Å². The monoisotopic (exact) mass is 434 g/mol. The van der Waals surface area contributed by atoms with E-state index in [1.165, 1.54) is 17.7 Å². The zero-order chi connectivity index (χ0) is 21.9. The van der Waals surface area contributed by atoms with Gasteiger partial charge in [-0.05, 0) is 62.1 Å². The second-order valence-electron chi connectivity index (χ2n) is 8.74. The second-order valence-corrected chi connectivity index (χ2v) is 8.74.